The lowest BCUT2D eigenvalue weighted by Crippen LogP contribution is -2.36. The summed E-state index contributed by atoms with van der Waals surface area (Å²) >= 11 is 0. The molecule has 8 heteroatoms. The zero-order valence-corrected chi connectivity index (χ0v) is 10.1. The fourth-order valence-electron chi connectivity index (χ4n) is 0.919. The average molecular weight is 255 g/mol. The maximum absolute atomic E-state index is 11.3. The Balaban J connectivity index is 4.04. The molecule has 0 aromatic rings. The third-order valence-corrected chi connectivity index (χ3v) is 3.13. The lowest BCUT2D eigenvalue weighted by molar-refractivity contribution is -0.139. The molecule has 0 radical (unpaired) electrons. The largest absolute Gasteiger partial charge is 0.481 e. The molecule has 7 nitrogen and oxygen atoms in total. The van der Waals surface area contributed by atoms with Crippen molar-refractivity contribution in [2.45, 2.75) is 12.5 Å². The smallest absolute Gasteiger partial charge is 0.306 e. The summed E-state index contributed by atoms with van der Waals surface area (Å²) in [6.45, 7) is 0.0285. The van der Waals surface area contributed by atoms with E-state index in [4.69, 9.17) is 9.84 Å². The van der Waals surface area contributed by atoms with Gasteiger partial charge in [-0.1, -0.05) is 0 Å². The molecule has 0 fully saturated rings. The zero-order chi connectivity index (χ0) is 12.6. The minimum Gasteiger partial charge on any atom is -0.481 e. The van der Waals surface area contributed by atoms with Crippen LogP contribution in [0.15, 0.2) is 0 Å². The van der Waals surface area contributed by atoms with Gasteiger partial charge in [0.1, 0.15) is 0 Å². The van der Waals surface area contributed by atoms with E-state index in [2.05, 4.69) is 9.46 Å². The van der Waals surface area contributed by atoms with E-state index in [-0.39, 0.29) is 25.3 Å². The van der Waals surface area contributed by atoms with Crippen LogP contribution in [0, 0.1) is 0 Å². The van der Waals surface area contributed by atoms with Crippen LogP contribution >= 0.6 is 0 Å². The van der Waals surface area contributed by atoms with E-state index in [9.17, 15) is 13.2 Å². The van der Waals surface area contributed by atoms with Crippen LogP contribution in [-0.2, 0) is 24.3 Å². The van der Waals surface area contributed by atoms with Gasteiger partial charge in [-0.15, -0.1) is 0 Å². The Morgan fingerprint density at radius 2 is 2.06 bits per heavy atom. The molecular weight excluding hydrogens is 238 g/mol. The van der Waals surface area contributed by atoms with Crippen LogP contribution in [-0.4, -0.2) is 58.7 Å². The lowest BCUT2D eigenvalue weighted by atomic mass is 10.2. The Labute approximate surface area is 94.8 Å². The van der Waals surface area contributed by atoms with Crippen molar-refractivity contribution in [3.63, 3.8) is 0 Å². The molecule has 0 heterocycles. The number of hydrogen-bond acceptors (Lipinski definition) is 5. The van der Waals surface area contributed by atoms with Crippen molar-refractivity contribution < 1.29 is 27.8 Å². The van der Waals surface area contributed by atoms with Gasteiger partial charge < -0.3 is 14.6 Å². The second kappa shape index (κ2) is 7.55. The van der Waals surface area contributed by atoms with Gasteiger partial charge >= 0.3 is 5.97 Å². The number of rotatable bonds is 9. The summed E-state index contributed by atoms with van der Waals surface area (Å²) in [6.07, 6.45) is -0.918. The topological polar surface area (TPSA) is 102 Å². The molecule has 0 spiro atoms. The van der Waals surface area contributed by atoms with Crippen molar-refractivity contribution in [2.24, 2.45) is 0 Å². The summed E-state index contributed by atoms with van der Waals surface area (Å²) in [5.41, 5.74) is 0. The predicted molar refractivity (Wildman–Crippen MR) is 56.7 cm³/mol. The van der Waals surface area contributed by atoms with Gasteiger partial charge in [-0.2, -0.15) is 0 Å². The molecular formula is C8H17NO6S. The molecule has 0 saturated carbocycles. The minimum absolute atomic E-state index is 0.0607. The number of carbonyl (C=O) groups is 1. The van der Waals surface area contributed by atoms with E-state index < -0.39 is 22.1 Å². The van der Waals surface area contributed by atoms with Gasteiger partial charge in [-0.05, 0) is 0 Å². The number of nitrogens with one attached hydrogen (secondary N) is 1. The highest BCUT2D eigenvalue weighted by molar-refractivity contribution is 7.89. The molecule has 0 amide bonds. The minimum atomic E-state index is -3.43. The molecule has 0 saturated heterocycles. The van der Waals surface area contributed by atoms with Crippen molar-refractivity contribution in [1.82, 2.24) is 4.72 Å². The van der Waals surface area contributed by atoms with Crippen LogP contribution < -0.4 is 4.72 Å². The van der Waals surface area contributed by atoms with Gasteiger partial charge in [-0.25, -0.2) is 13.1 Å². The zero-order valence-electron chi connectivity index (χ0n) is 9.30. The summed E-state index contributed by atoms with van der Waals surface area (Å²) in [5.74, 6) is -1.20. The number of methoxy groups -OCH3 is 2. The standard InChI is InChI=1S/C8H17NO6S/c1-14-3-4-16(12,13)9-6-7(15-2)5-8(10)11/h7,9H,3-6H2,1-2H3,(H,10,11). The normalized spacial score (nSPS) is 13.6. The van der Waals surface area contributed by atoms with E-state index >= 15 is 0 Å². The van der Waals surface area contributed by atoms with Gasteiger partial charge in [0.15, 0.2) is 0 Å². The van der Waals surface area contributed by atoms with Gasteiger partial charge in [0.05, 0.1) is 24.9 Å². The average Bonchev–Trinajstić information content (AvgIpc) is 2.21. The summed E-state index contributed by atoms with van der Waals surface area (Å²) in [4.78, 5) is 10.4. The highest BCUT2D eigenvalue weighted by Gasteiger charge is 2.16. The molecule has 0 aromatic heterocycles. The van der Waals surface area contributed by atoms with Gasteiger partial charge in [0, 0.05) is 20.8 Å². The third kappa shape index (κ3) is 7.57. The van der Waals surface area contributed by atoms with Crippen LogP contribution in [0.1, 0.15) is 6.42 Å². The Morgan fingerprint density at radius 3 is 2.50 bits per heavy atom. The Hall–Kier alpha value is -0.700. The van der Waals surface area contributed by atoms with Gasteiger partial charge in [-0.3, -0.25) is 4.79 Å². The highest BCUT2D eigenvalue weighted by Crippen LogP contribution is 1.97. The molecule has 0 aliphatic carbocycles. The van der Waals surface area contributed by atoms with Gasteiger partial charge in [0.25, 0.3) is 0 Å². The monoisotopic (exact) mass is 255 g/mol. The molecule has 2 N–H and O–H groups in total. The first-order chi connectivity index (χ1) is 7.41. The first-order valence-electron chi connectivity index (χ1n) is 4.62. The number of aliphatic carboxylic acids is 1. The molecule has 16 heavy (non-hydrogen) atoms. The van der Waals surface area contributed by atoms with Crippen molar-refractivity contribution in [3.05, 3.63) is 0 Å². The molecule has 0 bridgehead atoms. The van der Waals surface area contributed by atoms with Crippen LogP contribution in [0.2, 0.25) is 0 Å². The van der Waals surface area contributed by atoms with Crippen LogP contribution in [0.25, 0.3) is 0 Å². The SMILES string of the molecule is COCCS(=O)(=O)NCC(CC(=O)O)OC. The van der Waals surface area contributed by atoms with Crippen LogP contribution in [0.5, 0.6) is 0 Å². The van der Waals surface area contributed by atoms with Crippen LogP contribution in [0.4, 0.5) is 0 Å². The fraction of sp³-hybridized carbons (Fsp3) is 0.875. The molecule has 0 aliphatic rings. The maximum Gasteiger partial charge on any atom is 0.306 e. The third-order valence-electron chi connectivity index (χ3n) is 1.82. The molecule has 0 aromatic carbocycles. The van der Waals surface area contributed by atoms with E-state index in [0.29, 0.717) is 0 Å². The number of carboxylic acid groups (broad SMARTS) is 1. The predicted octanol–water partition coefficient (Wildman–Crippen LogP) is -0.958. The van der Waals surface area contributed by atoms with Crippen molar-refractivity contribution in [2.75, 3.05) is 33.1 Å². The highest BCUT2D eigenvalue weighted by atomic mass is 32.2. The Morgan fingerprint density at radius 1 is 1.44 bits per heavy atom. The second-order valence-corrected chi connectivity index (χ2v) is 5.04. The first kappa shape index (κ1) is 15.3. The lowest BCUT2D eigenvalue weighted by Gasteiger charge is -2.13. The molecule has 0 rings (SSSR count). The van der Waals surface area contributed by atoms with E-state index in [0.717, 1.165) is 0 Å². The first-order valence-corrected chi connectivity index (χ1v) is 6.27. The second-order valence-electron chi connectivity index (χ2n) is 3.12. The maximum atomic E-state index is 11.3. The molecule has 0 aliphatic heterocycles. The summed E-state index contributed by atoms with van der Waals surface area (Å²) < 4.78 is 34.3. The number of carboxylic acids is 1. The molecule has 1 unspecified atom stereocenters. The summed E-state index contributed by atoms with van der Waals surface area (Å²) in [5, 5.41) is 8.51. The Bertz CT molecular complexity index is 302. The summed E-state index contributed by atoms with van der Waals surface area (Å²) in [7, 11) is -0.701. The number of sulfonamides is 1. The fourth-order valence-corrected chi connectivity index (χ4v) is 1.89. The van der Waals surface area contributed by atoms with Crippen LogP contribution in [0.3, 0.4) is 0 Å². The number of ether oxygens (including phenoxy) is 2. The van der Waals surface area contributed by atoms with E-state index in [1.807, 2.05) is 0 Å². The van der Waals surface area contributed by atoms with Gasteiger partial charge in [0.2, 0.25) is 10.0 Å². The van der Waals surface area contributed by atoms with Crippen molar-refractivity contribution >= 4 is 16.0 Å². The van der Waals surface area contributed by atoms with Crippen molar-refractivity contribution in [3.8, 4) is 0 Å². The quantitative estimate of drug-likeness (QED) is 0.550. The number of hydrogen-bond donors (Lipinski definition) is 2. The molecule has 1 atom stereocenters. The van der Waals surface area contributed by atoms with E-state index in [1.54, 1.807) is 0 Å². The van der Waals surface area contributed by atoms with Crippen molar-refractivity contribution in [1.29, 1.82) is 0 Å². The summed E-state index contributed by atoms with van der Waals surface area (Å²) in [6, 6.07) is 0. The Kier molecular flexibility index (Phi) is 7.22. The molecule has 96 valence electrons. The van der Waals surface area contributed by atoms with E-state index in [1.165, 1.54) is 14.2 Å².